The zero-order chi connectivity index (χ0) is 14.7. The molecule has 21 heavy (non-hydrogen) atoms. The Labute approximate surface area is 122 Å². The van der Waals surface area contributed by atoms with Crippen molar-refractivity contribution in [1.82, 2.24) is 10.3 Å². The minimum absolute atomic E-state index is 0.129. The third-order valence-electron chi connectivity index (χ3n) is 3.31. The number of nitrogen functional groups attached to an aromatic ring is 1. The van der Waals surface area contributed by atoms with E-state index in [1.54, 1.807) is 12.3 Å². The Morgan fingerprint density at radius 1 is 1.05 bits per heavy atom. The molecule has 0 bridgehead atoms. The number of aromatic nitrogens is 1. The molecule has 0 aliphatic heterocycles. The average Bonchev–Trinajstić information content (AvgIpc) is 2.53. The second-order valence-corrected chi connectivity index (χ2v) is 4.80. The topological polar surface area (TPSA) is 68.0 Å². The van der Waals surface area contributed by atoms with Crippen LogP contribution in [0.25, 0.3) is 10.9 Å². The third kappa shape index (κ3) is 2.84. The lowest BCUT2D eigenvalue weighted by molar-refractivity contribution is 0.0952. The Morgan fingerprint density at radius 3 is 2.62 bits per heavy atom. The molecule has 3 aromatic rings. The Hall–Kier alpha value is -2.88. The maximum Gasteiger partial charge on any atom is 0.253 e. The lowest BCUT2D eigenvalue weighted by Crippen LogP contribution is -2.23. The molecule has 0 aliphatic carbocycles. The fourth-order valence-electron chi connectivity index (χ4n) is 2.20. The first kappa shape index (κ1) is 13.1. The normalized spacial score (nSPS) is 10.5. The number of nitrogens with one attached hydrogen (secondary N) is 1. The van der Waals surface area contributed by atoms with Gasteiger partial charge in [-0.15, -0.1) is 0 Å². The van der Waals surface area contributed by atoms with Crippen molar-refractivity contribution < 1.29 is 4.79 Å². The van der Waals surface area contributed by atoms with E-state index in [0.29, 0.717) is 17.8 Å². The third-order valence-corrected chi connectivity index (χ3v) is 3.31. The molecule has 1 amide bonds. The summed E-state index contributed by atoms with van der Waals surface area (Å²) in [5.74, 6) is -0.129. The number of amides is 1. The van der Waals surface area contributed by atoms with Gasteiger partial charge >= 0.3 is 0 Å². The van der Waals surface area contributed by atoms with Crippen molar-refractivity contribution in [3.8, 4) is 0 Å². The van der Waals surface area contributed by atoms with Gasteiger partial charge in [-0.2, -0.15) is 0 Å². The van der Waals surface area contributed by atoms with Gasteiger partial charge < -0.3 is 11.1 Å². The predicted molar refractivity (Wildman–Crippen MR) is 83.8 cm³/mol. The number of hydrogen-bond acceptors (Lipinski definition) is 3. The molecule has 0 radical (unpaired) electrons. The number of anilines is 1. The van der Waals surface area contributed by atoms with E-state index in [4.69, 9.17) is 5.73 Å². The maximum absolute atomic E-state index is 12.3. The zero-order valence-electron chi connectivity index (χ0n) is 11.4. The number of benzene rings is 2. The summed E-state index contributed by atoms with van der Waals surface area (Å²) in [6.45, 7) is 0.461. The summed E-state index contributed by atoms with van der Waals surface area (Å²) in [6.07, 6.45) is 1.69. The molecule has 3 N–H and O–H groups in total. The highest BCUT2D eigenvalue weighted by Crippen LogP contribution is 2.16. The molecule has 4 nitrogen and oxygen atoms in total. The van der Waals surface area contributed by atoms with Gasteiger partial charge in [-0.25, -0.2) is 0 Å². The first-order valence-corrected chi connectivity index (χ1v) is 6.70. The van der Waals surface area contributed by atoms with Crippen LogP contribution in [-0.2, 0) is 6.54 Å². The van der Waals surface area contributed by atoms with Gasteiger partial charge in [0.05, 0.1) is 11.1 Å². The molecule has 1 aromatic heterocycles. The fourth-order valence-corrected chi connectivity index (χ4v) is 2.20. The van der Waals surface area contributed by atoms with Crippen LogP contribution in [0.1, 0.15) is 15.9 Å². The molecule has 0 fully saturated rings. The van der Waals surface area contributed by atoms with Gasteiger partial charge in [-0.1, -0.05) is 30.3 Å². The van der Waals surface area contributed by atoms with E-state index in [1.807, 2.05) is 48.5 Å². The summed E-state index contributed by atoms with van der Waals surface area (Å²) in [5, 5.41) is 3.86. The van der Waals surface area contributed by atoms with Gasteiger partial charge in [0.1, 0.15) is 0 Å². The Balaban J connectivity index is 1.79. The molecule has 0 atom stereocenters. The van der Waals surface area contributed by atoms with Gasteiger partial charge in [0.2, 0.25) is 0 Å². The molecule has 4 heteroatoms. The van der Waals surface area contributed by atoms with E-state index in [9.17, 15) is 4.79 Å². The van der Waals surface area contributed by atoms with Crippen LogP contribution >= 0.6 is 0 Å². The quantitative estimate of drug-likeness (QED) is 0.723. The van der Waals surface area contributed by atoms with Crippen LogP contribution < -0.4 is 11.1 Å². The number of pyridine rings is 1. The van der Waals surface area contributed by atoms with Crippen molar-refractivity contribution in [1.29, 1.82) is 0 Å². The number of para-hydroxylation sites is 1. The van der Waals surface area contributed by atoms with Crippen molar-refractivity contribution in [2.75, 3.05) is 5.73 Å². The monoisotopic (exact) mass is 277 g/mol. The zero-order valence-corrected chi connectivity index (χ0v) is 11.4. The van der Waals surface area contributed by atoms with E-state index < -0.39 is 0 Å². The van der Waals surface area contributed by atoms with Gasteiger partial charge in [-0.05, 0) is 29.8 Å². The molecular formula is C17H15N3O. The molecule has 1 heterocycles. The van der Waals surface area contributed by atoms with Gasteiger partial charge in [0.15, 0.2) is 0 Å². The van der Waals surface area contributed by atoms with Crippen LogP contribution in [0.2, 0.25) is 0 Å². The largest absolute Gasteiger partial charge is 0.399 e. The summed E-state index contributed by atoms with van der Waals surface area (Å²) in [4.78, 5) is 16.6. The molecule has 0 unspecified atom stereocenters. The smallest absolute Gasteiger partial charge is 0.253 e. The van der Waals surface area contributed by atoms with Gasteiger partial charge in [-0.3, -0.25) is 9.78 Å². The molecule has 2 aromatic carbocycles. The van der Waals surface area contributed by atoms with Crippen molar-refractivity contribution >= 4 is 22.5 Å². The van der Waals surface area contributed by atoms with E-state index in [0.717, 1.165) is 16.5 Å². The molecule has 104 valence electrons. The van der Waals surface area contributed by atoms with Crippen molar-refractivity contribution in [2.24, 2.45) is 0 Å². The molecular weight excluding hydrogens is 262 g/mol. The fraction of sp³-hybridized carbons (Fsp3) is 0.0588. The van der Waals surface area contributed by atoms with Gasteiger partial charge in [0, 0.05) is 23.8 Å². The van der Waals surface area contributed by atoms with E-state index >= 15 is 0 Å². The Morgan fingerprint density at radius 2 is 1.81 bits per heavy atom. The predicted octanol–water partition coefficient (Wildman–Crippen LogP) is 2.75. The minimum Gasteiger partial charge on any atom is -0.399 e. The number of fused-ring (bicyclic) bond motifs is 1. The van der Waals surface area contributed by atoms with Crippen LogP contribution in [0.3, 0.4) is 0 Å². The molecule has 0 saturated heterocycles. The van der Waals surface area contributed by atoms with Crippen LogP contribution in [0, 0.1) is 0 Å². The second kappa shape index (κ2) is 5.63. The first-order valence-electron chi connectivity index (χ1n) is 6.70. The summed E-state index contributed by atoms with van der Waals surface area (Å²) >= 11 is 0. The van der Waals surface area contributed by atoms with E-state index in [-0.39, 0.29) is 5.91 Å². The minimum atomic E-state index is -0.129. The first-order chi connectivity index (χ1) is 10.2. The SMILES string of the molecule is Nc1ccc(CNC(=O)c2cccc3cccnc23)cc1. The highest BCUT2D eigenvalue weighted by atomic mass is 16.1. The number of carbonyl (C=O) groups excluding carboxylic acids is 1. The molecule has 3 rings (SSSR count). The lowest BCUT2D eigenvalue weighted by atomic mass is 10.1. The molecule has 0 aliphatic rings. The Kier molecular flexibility index (Phi) is 3.51. The maximum atomic E-state index is 12.3. The summed E-state index contributed by atoms with van der Waals surface area (Å²) < 4.78 is 0. The second-order valence-electron chi connectivity index (χ2n) is 4.80. The van der Waals surface area contributed by atoms with Crippen LogP contribution in [0.5, 0.6) is 0 Å². The van der Waals surface area contributed by atoms with Crippen molar-refractivity contribution in [3.63, 3.8) is 0 Å². The summed E-state index contributed by atoms with van der Waals surface area (Å²) in [5.41, 5.74) is 8.66. The highest BCUT2D eigenvalue weighted by molar-refractivity contribution is 6.05. The summed E-state index contributed by atoms with van der Waals surface area (Å²) in [6, 6.07) is 16.8. The molecule has 0 spiro atoms. The number of hydrogen-bond donors (Lipinski definition) is 2. The number of nitrogens with zero attached hydrogens (tertiary/aromatic N) is 1. The van der Waals surface area contributed by atoms with Crippen LogP contribution in [-0.4, -0.2) is 10.9 Å². The van der Waals surface area contributed by atoms with E-state index in [1.165, 1.54) is 0 Å². The van der Waals surface area contributed by atoms with Crippen LogP contribution in [0.4, 0.5) is 5.69 Å². The average molecular weight is 277 g/mol. The number of nitrogens with two attached hydrogens (primary N) is 1. The summed E-state index contributed by atoms with van der Waals surface area (Å²) in [7, 11) is 0. The van der Waals surface area contributed by atoms with E-state index in [2.05, 4.69) is 10.3 Å². The van der Waals surface area contributed by atoms with Gasteiger partial charge in [0.25, 0.3) is 5.91 Å². The van der Waals surface area contributed by atoms with Crippen molar-refractivity contribution in [2.45, 2.75) is 6.54 Å². The number of rotatable bonds is 3. The Bertz CT molecular complexity index is 776. The van der Waals surface area contributed by atoms with Crippen LogP contribution in [0.15, 0.2) is 60.8 Å². The highest BCUT2D eigenvalue weighted by Gasteiger charge is 2.10. The molecule has 0 saturated carbocycles. The number of carbonyl (C=O) groups is 1. The van der Waals surface area contributed by atoms with Crippen molar-refractivity contribution in [3.05, 3.63) is 71.9 Å². The standard InChI is InChI=1S/C17H15N3O/c18-14-8-6-12(7-9-14)11-20-17(21)15-5-1-3-13-4-2-10-19-16(13)15/h1-10H,11,18H2,(H,20,21). The lowest BCUT2D eigenvalue weighted by Gasteiger charge is -2.07.